The second-order valence-corrected chi connectivity index (χ2v) is 10.5. The summed E-state index contributed by atoms with van der Waals surface area (Å²) in [5.74, 6) is 0.170. The number of fused-ring (bicyclic) bond motifs is 2. The predicted octanol–water partition coefficient (Wildman–Crippen LogP) is 4.40. The molecule has 5 rings (SSSR count). The van der Waals surface area contributed by atoms with Gasteiger partial charge in [-0.25, -0.2) is 4.98 Å². The van der Waals surface area contributed by atoms with E-state index >= 15 is 0 Å². The SMILES string of the molecule is COc1ccc(Cc2ncc(CNC(=O)c3ccc4c(c3)NC(=O)c3ccccc3[S+]4[O-])s2)cc1. The van der Waals surface area contributed by atoms with E-state index in [0.29, 0.717) is 39.6 Å². The molecule has 0 fully saturated rings. The Morgan fingerprint density at radius 1 is 1.11 bits per heavy atom. The first-order valence-corrected chi connectivity index (χ1v) is 12.8. The zero-order valence-electron chi connectivity index (χ0n) is 18.7. The summed E-state index contributed by atoms with van der Waals surface area (Å²) in [6, 6.07) is 19.4. The standard InChI is InChI=1S/C26H21N3O4S2/c1-33-18-9-6-16(7-10-18)12-24-27-14-19(34-24)15-28-25(30)17-8-11-23-21(13-17)29-26(31)20-4-2-3-5-22(20)35(23)32/h2-11,13-14H,12,15H2,1H3,(H,28,30)(H,29,31). The van der Waals surface area contributed by atoms with Gasteiger partial charge in [0.2, 0.25) is 0 Å². The van der Waals surface area contributed by atoms with Gasteiger partial charge in [-0.2, -0.15) is 0 Å². The van der Waals surface area contributed by atoms with Crippen LogP contribution in [0.5, 0.6) is 5.75 Å². The summed E-state index contributed by atoms with van der Waals surface area (Å²) in [5.41, 5.74) is 2.23. The maximum atomic E-state index is 13.0. The number of anilines is 1. The molecule has 1 aromatic heterocycles. The minimum Gasteiger partial charge on any atom is -0.606 e. The molecule has 4 aromatic rings. The third kappa shape index (κ3) is 4.93. The van der Waals surface area contributed by atoms with Crippen molar-refractivity contribution in [1.82, 2.24) is 10.3 Å². The van der Waals surface area contributed by atoms with E-state index in [9.17, 15) is 14.1 Å². The van der Waals surface area contributed by atoms with Crippen molar-refractivity contribution in [2.75, 3.05) is 12.4 Å². The lowest BCUT2D eigenvalue weighted by atomic mass is 10.1. The molecule has 0 saturated heterocycles. The molecule has 0 spiro atoms. The van der Waals surface area contributed by atoms with Gasteiger partial charge in [0.25, 0.3) is 11.8 Å². The number of hydrogen-bond acceptors (Lipinski definition) is 6. The van der Waals surface area contributed by atoms with Gasteiger partial charge in [-0.1, -0.05) is 24.3 Å². The highest BCUT2D eigenvalue weighted by atomic mass is 32.2. The van der Waals surface area contributed by atoms with E-state index in [4.69, 9.17) is 4.74 Å². The number of hydrogen-bond donors (Lipinski definition) is 2. The van der Waals surface area contributed by atoms with Crippen molar-refractivity contribution in [1.29, 1.82) is 0 Å². The van der Waals surface area contributed by atoms with Gasteiger partial charge in [0.15, 0.2) is 9.79 Å². The molecule has 1 aliphatic heterocycles. The number of carbonyl (C=O) groups excluding carboxylic acids is 2. The van der Waals surface area contributed by atoms with E-state index in [1.807, 2.05) is 24.3 Å². The van der Waals surface area contributed by atoms with Crippen molar-refractivity contribution in [3.63, 3.8) is 0 Å². The maximum absolute atomic E-state index is 13.0. The van der Waals surface area contributed by atoms with E-state index in [1.165, 1.54) is 11.3 Å². The van der Waals surface area contributed by atoms with E-state index in [1.54, 1.807) is 55.8 Å². The fraction of sp³-hybridized carbons (Fsp3) is 0.115. The number of nitrogens with one attached hydrogen (secondary N) is 2. The van der Waals surface area contributed by atoms with E-state index in [2.05, 4.69) is 15.6 Å². The molecule has 0 aliphatic carbocycles. The van der Waals surface area contributed by atoms with Gasteiger partial charge in [0, 0.05) is 34.2 Å². The summed E-state index contributed by atoms with van der Waals surface area (Å²) in [6.07, 6.45) is 2.47. The Hall–Kier alpha value is -3.66. The second-order valence-electron chi connectivity index (χ2n) is 7.86. The normalized spacial score (nSPS) is 14.3. The van der Waals surface area contributed by atoms with Crippen LogP contribution in [0, 0.1) is 0 Å². The minimum absolute atomic E-state index is 0.292. The highest BCUT2D eigenvalue weighted by Crippen LogP contribution is 2.34. The highest BCUT2D eigenvalue weighted by Gasteiger charge is 2.30. The fourth-order valence-corrected chi connectivity index (χ4v) is 5.95. The smallest absolute Gasteiger partial charge is 0.260 e. The number of methoxy groups -OCH3 is 1. The largest absolute Gasteiger partial charge is 0.606 e. The van der Waals surface area contributed by atoms with Crippen LogP contribution in [-0.2, 0) is 24.1 Å². The van der Waals surface area contributed by atoms with Gasteiger partial charge in [0.1, 0.15) is 5.75 Å². The quantitative estimate of drug-likeness (QED) is 0.380. The molecule has 0 radical (unpaired) electrons. The predicted molar refractivity (Wildman–Crippen MR) is 135 cm³/mol. The molecule has 0 bridgehead atoms. The van der Waals surface area contributed by atoms with Gasteiger partial charge in [0.05, 0.1) is 29.9 Å². The van der Waals surface area contributed by atoms with Gasteiger partial charge < -0.3 is 19.9 Å². The highest BCUT2D eigenvalue weighted by molar-refractivity contribution is 7.91. The van der Waals surface area contributed by atoms with Crippen molar-refractivity contribution in [2.24, 2.45) is 0 Å². The van der Waals surface area contributed by atoms with Crippen molar-refractivity contribution in [3.8, 4) is 5.75 Å². The number of ether oxygens (including phenoxy) is 1. The summed E-state index contributed by atoms with van der Waals surface area (Å²) < 4.78 is 18.2. The van der Waals surface area contributed by atoms with Crippen molar-refractivity contribution in [3.05, 3.63) is 99.5 Å². The van der Waals surface area contributed by atoms with E-state index in [0.717, 1.165) is 21.2 Å². The van der Waals surface area contributed by atoms with Crippen molar-refractivity contribution in [2.45, 2.75) is 22.8 Å². The van der Waals surface area contributed by atoms with E-state index in [-0.39, 0.29) is 11.8 Å². The first-order valence-electron chi connectivity index (χ1n) is 10.8. The lowest BCUT2D eigenvalue weighted by Crippen LogP contribution is -2.22. The number of nitrogens with zero attached hydrogens (tertiary/aromatic N) is 1. The summed E-state index contributed by atoms with van der Waals surface area (Å²) in [7, 11) is 1.64. The number of benzene rings is 3. The zero-order chi connectivity index (χ0) is 24.4. The first kappa shape index (κ1) is 23.1. The number of rotatable bonds is 6. The van der Waals surface area contributed by atoms with Crippen molar-refractivity contribution >= 4 is 40.0 Å². The molecule has 3 aromatic carbocycles. The molecule has 2 heterocycles. The van der Waals surface area contributed by atoms with Crippen LogP contribution >= 0.6 is 11.3 Å². The third-order valence-corrected chi connectivity index (χ3v) is 8.07. The molecule has 176 valence electrons. The Morgan fingerprint density at radius 3 is 2.71 bits per heavy atom. The Kier molecular flexibility index (Phi) is 6.54. The van der Waals surface area contributed by atoms with Gasteiger partial charge >= 0.3 is 0 Å². The van der Waals surface area contributed by atoms with Crippen molar-refractivity contribution < 1.29 is 18.9 Å². The number of carbonyl (C=O) groups is 2. The molecule has 1 unspecified atom stereocenters. The number of aromatic nitrogens is 1. The molecule has 1 atom stereocenters. The fourth-order valence-electron chi connectivity index (χ4n) is 3.75. The van der Waals surface area contributed by atoms with Crippen LogP contribution < -0.4 is 15.4 Å². The van der Waals surface area contributed by atoms with Gasteiger partial charge in [-0.3, -0.25) is 9.59 Å². The molecule has 0 saturated carbocycles. The lowest BCUT2D eigenvalue weighted by molar-refractivity contribution is 0.0949. The summed E-state index contributed by atoms with van der Waals surface area (Å²) in [6.45, 7) is 0.333. The maximum Gasteiger partial charge on any atom is 0.260 e. The summed E-state index contributed by atoms with van der Waals surface area (Å²) in [4.78, 5) is 31.7. The van der Waals surface area contributed by atoms with E-state index < -0.39 is 11.2 Å². The molecule has 2 N–H and O–H groups in total. The van der Waals surface area contributed by atoms with Gasteiger partial charge in [-0.15, -0.1) is 11.3 Å². The molecule has 1 aliphatic rings. The van der Waals surface area contributed by atoms with Crippen LogP contribution in [-0.4, -0.2) is 28.5 Å². The van der Waals surface area contributed by atoms with Crippen LogP contribution in [0.3, 0.4) is 0 Å². The van der Waals surface area contributed by atoms with Crippen LogP contribution in [0.4, 0.5) is 5.69 Å². The van der Waals surface area contributed by atoms with Crippen LogP contribution in [0.1, 0.15) is 36.2 Å². The Labute approximate surface area is 209 Å². The molecule has 2 amide bonds. The van der Waals surface area contributed by atoms with Crippen LogP contribution in [0.25, 0.3) is 0 Å². The van der Waals surface area contributed by atoms with Crippen LogP contribution in [0.15, 0.2) is 82.7 Å². The third-order valence-electron chi connectivity index (χ3n) is 5.56. The molecule has 35 heavy (non-hydrogen) atoms. The minimum atomic E-state index is -1.53. The number of amides is 2. The van der Waals surface area contributed by atoms with Gasteiger partial charge in [-0.05, 0) is 48.0 Å². The van der Waals surface area contributed by atoms with Crippen LogP contribution in [0.2, 0.25) is 0 Å². The molecule has 7 nitrogen and oxygen atoms in total. The monoisotopic (exact) mass is 503 g/mol. The molecule has 9 heteroatoms. The average Bonchev–Trinajstić information content (AvgIpc) is 3.30. The second kappa shape index (κ2) is 9.91. The molecular weight excluding hydrogens is 482 g/mol. The Balaban J connectivity index is 1.25. The molecular formula is C26H21N3O4S2. The Morgan fingerprint density at radius 2 is 1.91 bits per heavy atom. The summed E-state index contributed by atoms with van der Waals surface area (Å²) >= 11 is 0.0117. The zero-order valence-corrected chi connectivity index (χ0v) is 20.4. The topological polar surface area (TPSA) is 103 Å². The number of thiazole rings is 1. The Bertz CT molecular complexity index is 1400. The average molecular weight is 504 g/mol. The lowest BCUT2D eigenvalue weighted by Gasteiger charge is -2.12. The first-order chi connectivity index (χ1) is 17.0. The summed E-state index contributed by atoms with van der Waals surface area (Å²) in [5, 5.41) is 6.63.